The summed E-state index contributed by atoms with van der Waals surface area (Å²) < 4.78 is 0. The van der Waals surface area contributed by atoms with Crippen LogP contribution in [0.3, 0.4) is 0 Å². The molecule has 2 aromatic carbocycles. The summed E-state index contributed by atoms with van der Waals surface area (Å²) >= 11 is 0. The Morgan fingerprint density at radius 2 is 1.79 bits per heavy atom. The first-order valence-electron chi connectivity index (χ1n) is 7.53. The van der Waals surface area contributed by atoms with Crippen LogP contribution in [0, 0.1) is 0 Å². The normalized spacial score (nSPS) is 15.7. The van der Waals surface area contributed by atoms with E-state index in [0.29, 0.717) is 16.8 Å². The Bertz CT molecular complexity index is 854. The zero-order chi connectivity index (χ0) is 17.1. The predicted octanol–water partition coefficient (Wildman–Crippen LogP) is 2.76. The summed E-state index contributed by atoms with van der Waals surface area (Å²) in [6.07, 6.45) is 1.65. The third-order valence-corrected chi connectivity index (χ3v) is 3.73. The molecular weight excluding hydrogens is 304 g/mol. The summed E-state index contributed by atoms with van der Waals surface area (Å²) in [5, 5.41) is 14.8. The van der Waals surface area contributed by atoms with E-state index in [1.807, 2.05) is 30.3 Å². The number of carbonyl (C=O) groups is 2. The second-order valence-corrected chi connectivity index (χ2v) is 5.48. The van der Waals surface area contributed by atoms with E-state index in [1.54, 1.807) is 31.2 Å². The maximum atomic E-state index is 12.5. The number of phenolic OH excluding ortho intramolecular Hbond substituents is 1. The average molecular weight is 320 g/mol. The fraction of sp³-hybridized carbons (Fsp3) is 0.105. The first kappa shape index (κ1) is 15.7. The average Bonchev–Trinajstić information content (AvgIpc) is 2.86. The van der Waals surface area contributed by atoms with Crippen LogP contribution in [-0.2, 0) is 16.0 Å². The van der Waals surface area contributed by atoms with Crippen molar-refractivity contribution >= 4 is 23.6 Å². The van der Waals surface area contributed by atoms with Crippen LogP contribution in [-0.4, -0.2) is 27.6 Å². The van der Waals surface area contributed by atoms with Crippen molar-refractivity contribution in [3.05, 3.63) is 71.3 Å². The number of nitrogens with zero attached hydrogens (tertiary/aromatic N) is 2. The number of hydrazone groups is 1. The molecule has 0 aromatic heterocycles. The van der Waals surface area contributed by atoms with E-state index >= 15 is 0 Å². The van der Waals surface area contributed by atoms with E-state index in [4.69, 9.17) is 0 Å². The second kappa shape index (κ2) is 6.50. The van der Waals surface area contributed by atoms with Crippen LogP contribution in [0.1, 0.15) is 18.1 Å². The summed E-state index contributed by atoms with van der Waals surface area (Å²) in [5.74, 6) is -0.789. The summed E-state index contributed by atoms with van der Waals surface area (Å²) in [5.41, 5.74) is 2.08. The van der Waals surface area contributed by atoms with Gasteiger partial charge in [-0.2, -0.15) is 10.1 Å². The van der Waals surface area contributed by atoms with Crippen LogP contribution in [0.25, 0.3) is 6.08 Å². The number of phenols is 1. The molecule has 0 saturated heterocycles. The molecule has 120 valence electrons. The Kier molecular flexibility index (Phi) is 4.24. The second-order valence-electron chi connectivity index (χ2n) is 5.48. The van der Waals surface area contributed by atoms with Crippen LogP contribution < -0.4 is 0 Å². The number of carbonyl (C=O) groups excluding carboxylic acids is 2. The molecule has 5 nitrogen and oxygen atoms in total. The molecule has 1 N–H and O–H groups in total. The molecule has 1 aliphatic heterocycles. The van der Waals surface area contributed by atoms with E-state index in [9.17, 15) is 14.7 Å². The van der Waals surface area contributed by atoms with Crippen LogP contribution in [0.5, 0.6) is 5.75 Å². The van der Waals surface area contributed by atoms with Gasteiger partial charge in [-0.15, -0.1) is 0 Å². The molecule has 0 fully saturated rings. The molecule has 3 rings (SSSR count). The molecule has 24 heavy (non-hydrogen) atoms. The first-order chi connectivity index (χ1) is 11.6. The monoisotopic (exact) mass is 320 g/mol. The smallest absolute Gasteiger partial charge is 0.283 e. The minimum atomic E-state index is -0.475. The zero-order valence-corrected chi connectivity index (χ0v) is 13.1. The van der Waals surface area contributed by atoms with Gasteiger partial charge in [-0.1, -0.05) is 48.5 Å². The number of benzene rings is 2. The topological polar surface area (TPSA) is 70.0 Å². The predicted molar refractivity (Wildman–Crippen MR) is 91.2 cm³/mol. The fourth-order valence-electron chi connectivity index (χ4n) is 2.46. The van der Waals surface area contributed by atoms with Gasteiger partial charge in [0.15, 0.2) is 0 Å². The Balaban J connectivity index is 1.83. The number of imide groups is 1. The van der Waals surface area contributed by atoms with Gasteiger partial charge < -0.3 is 5.11 Å². The molecule has 0 bridgehead atoms. The maximum absolute atomic E-state index is 12.5. The summed E-state index contributed by atoms with van der Waals surface area (Å²) in [6, 6.07) is 15.9. The quantitative estimate of drug-likeness (QED) is 0.884. The van der Waals surface area contributed by atoms with Crippen molar-refractivity contribution in [3.63, 3.8) is 0 Å². The van der Waals surface area contributed by atoms with Gasteiger partial charge in [-0.25, -0.2) is 0 Å². The third kappa shape index (κ3) is 3.10. The Morgan fingerprint density at radius 3 is 2.50 bits per heavy atom. The molecule has 0 aliphatic carbocycles. The summed E-state index contributed by atoms with van der Waals surface area (Å²) in [6.45, 7) is 1.67. The largest absolute Gasteiger partial charge is 0.507 e. The lowest BCUT2D eigenvalue weighted by Gasteiger charge is -2.09. The lowest BCUT2D eigenvalue weighted by atomic mass is 10.1. The molecule has 1 heterocycles. The Labute approximate surface area is 139 Å². The van der Waals surface area contributed by atoms with E-state index in [0.717, 1.165) is 10.6 Å². The Hall–Kier alpha value is -3.21. The first-order valence-corrected chi connectivity index (χ1v) is 7.53. The van der Waals surface area contributed by atoms with Crippen molar-refractivity contribution in [1.29, 1.82) is 0 Å². The minimum absolute atomic E-state index is 0.0691. The number of amides is 2. The van der Waals surface area contributed by atoms with Crippen molar-refractivity contribution < 1.29 is 14.7 Å². The molecule has 1 aliphatic rings. The SMILES string of the molecule is CC1=NN(C(=O)Cc2ccccc2)C(=O)/C1=C\c1ccccc1O. The number of rotatable bonds is 3. The molecular formula is C19H16N2O3. The fourth-order valence-corrected chi connectivity index (χ4v) is 2.46. The molecule has 2 amide bonds. The number of aromatic hydroxyl groups is 1. The van der Waals surface area contributed by atoms with Gasteiger partial charge in [0.05, 0.1) is 17.7 Å². The Morgan fingerprint density at radius 1 is 1.12 bits per heavy atom. The third-order valence-electron chi connectivity index (χ3n) is 3.73. The van der Waals surface area contributed by atoms with E-state index in [1.165, 1.54) is 6.07 Å². The molecule has 0 atom stereocenters. The lowest BCUT2D eigenvalue weighted by molar-refractivity contribution is -0.141. The highest BCUT2D eigenvalue weighted by molar-refractivity contribution is 6.29. The zero-order valence-electron chi connectivity index (χ0n) is 13.1. The van der Waals surface area contributed by atoms with Crippen LogP contribution in [0.15, 0.2) is 65.3 Å². The van der Waals surface area contributed by atoms with Gasteiger partial charge in [-0.3, -0.25) is 9.59 Å². The maximum Gasteiger partial charge on any atom is 0.283 e. The van der Waals surface area contributed by atoms with Crippen molar-refractivity contribution in [1.82, 2.24) is 5.01 Å². The molecule has 0 unspecified atom stereocenters. The number of hydrogen-bond donors (Lipinski definition) is 1. The molecule has 0 saturated carbocycles. The van der Waals surface area contributed by atoms with Crippen LogP contribution >= 0.6 is 0 Å². The van der Waals surface area contributed by atoms with E-state index in [-0.39, 0.29) is 18.1 Å². The van der Waals surface area contributed by atoms with Gasteiger partial charge in [0.1, 0.15) is 5.75 Å². The van der Waals surface area contributed by atoms with E-state index in [2.05, 4.69) is 5.10 Å². The van der Waals surface area contributed by atoms with Crippen molar-refractivity contribution in [3.8, 4) is 5.75 Å². The van der Waals surface area contributed by atoms with Crippen LogP contribution in [0.4, 0.5) is 0 Å². The van der Waals surface area contributed by atoms with Gasteiger partial charge in [0.2, 0.25) is 0 Å². The highest BCUT2D eigenvalue weighted by atomic mass is 16.3. The minimum Gasteiger partial charge on any atom is -0.507 e. The molecule has 0 spiro atoms. The molecule has 5 heteroatoms. The number of para-hydroxylation sites is 1. The van der Waals surface area contributed by atoms with Gasteiger partial charge >= 0.3 is 0 Å². The highest BCUT2D eigenvalue weighted by Crippen LogP contribution is 2.23. The van der Waals surface area contributed by atoms with Gasteiger partial charge in [0.25, 0.3) is 11.8 Å². The summed E-state index contributed by atoms with van der Waals surface area (Å²) in [4.78, 5) is 24.9. The van der Waals surface area contributed by atoms with Crippen molar-refractivity contribution in [2.75, 3.05) is 0 Å². The van der Waals surface area contributed by atoms with Crippen LogP contribution in [0.2, 0.25) is 0 Å². The van der Waals surface area contributed by atoms with Crippen molar-refractivity contribution in [2.45, 2.75) is 13.3 Å². The van der Waals surface area contributed by atoms with Crippen molar-refractivity contribution in [2.24, 2.45) is 5.10 Å². The van der Waals surface area contributed by atoms with Gasteiger partial charge in [0, 0.05) is 5.56 Å². The number of hydrogen-bond acceptors (Lipinski definition) is 4. The molecule has 2 aromatic rings. The standard InChI is InChI=1S/C19H16N2O3/c1-13-16(12-15-9-5-6-10-17(15)22)19(24)21(20-13)18(23)11-14-7-3-2-4-8-14/h2-10,12,22H,11H2,1H3/b16-12-. The van der Waals surface area contributed by atoms with Gasteiger partial charge in [-0.05, 0) is 24.6 Å². The molecule has 0 radical (unpaired) electrons. The van der Waals surface area contributed by atoms with E-state index < -0.39 is 5.91 Å². The summed E-state index contributed by atoms with van der Waals surface area (Å²) in [7, 11) is 0. The highest BCUT2D eigenvalue weighted by Gasteiger charge is 2.32. The lowest BCUT2D eigenvalue weighted by Crippen LogP contribution is -2.30.